The lowest BCUT2D eigenvalue weighted by atomic mass is 10.3. The Balaban J connectivity index is 1.86. The molecule has 0 atom stereocenters. The summed E-state index contributed by atoms with van der Waals surface area (Å²) in [6.07, 6.45) is 6.48. The average Bonchev–Trinajstić information content (AvgIpc) is 2.57. The lowest BCUT2D eigenvalue weighted by Gasteiger charge is -2.12. The van der Waals surface area contributed by atoms with Crippen LogP contribution in [0.3, 0.4) is 0 Å². The minimum Gasteiger partial charge on any atom is -0.748 e. The van der Waals surface area contributed by atoms with Crippen LogP contribution in [0, 0.1) is 0 Å². The van der Waals surface area contributed by atoms with E-state index in [1.54, 1.807) is 35.5 Å². The molecule has 1 aromatic heterocycles. The van der Waals surface area contributed by atoms with E-state index in [1.165, 1.54) is 0 Å². The predicted octanol–water partition coefficient (Wildman–Crippen LogP) is 1.48. The van der Waals surface area contributed by atoms with Crippen LogP contribution in [0.1, 0.15) is 18.4 Å². The summed E-state index contributed by atoms with van der Waals surface area (Å²) in [6.45, 7) is 0.653. The molecule has 0 bridgehead atoms. The number of pyridine rings is 1. The van der Waals surface area contributed by atoms with Gasteiger partial charge >= 0.3 is 0 Å². The predicted molar refractivity (Wildman–Crippen MR) is 94.5 cm³/mol. The van der Waals surface area contributed by atoms with Gasteiger partial charge in [0.15, 0.2) is 12.4 Å². The molecule has 0 aliphatic carbocycles. The van der Waals surface area contributed by atoms with Gasteiger partial charge in [-0.15, -0.1) is 0 Å². The third kappa shape index (κ3) is 6.90. The molecule has 8 heteroatoms. The Morgan fingerprint density at radius 2 is 1.80 bits per heavy atom. The quantitative estimate of drug-likeness (QED) is 0.252. The van der Waals surface area contributed by atoms with Gasteiger partial charge in [-0.2, -0.15) is 5.10 Å². The highest BCUT2D eigenvalue weighted by molar-refractivity contribution is 7.85. The topological polar surface area (TPSA) is 96.9 Å². The molecule has 0 fully saturated rings. The van der Waals surface area contributed by atoms with Gasteiger partial charge in [0.2, 0.25) is 0 Å². The maximum Gasteiger partial charge on any atom is 0.169 e. The minimum atomic E-state index is -4.12. The van der Waals surface area contributed by atoms with E-state index in [2.05, 4.69) is 5.10 Å². The van der Waals surface area contributed by atoms with E-state index in [9.17, 15) is 18.1 Å². The van der Waals surface area contributed by atoms with Gasteiger partial charge in [0.25, 0.3) is 0 Å². The molecule has 0 radical (unpaired) electrons. The summed E-state index contributed by atoms with van der Waals surface area (Å²) in [5.41, 5.74) is 1.78. The second-order valence-electron chi connectivity index (χ2n) is 5.62. The number of phenols is 1. The number of hydrogen-bond donors (Lipinski definition) is 1. The van der Waals surface area contributed by atoms with Crippen LogP contribution in [0.25, 0.3) is 0 Å². The summed E-state index contributed by atoms with van der Waals surface area (Å²) in [7, 11) is -2.31. The highest BCUT2D eigenvalue weighted by Crippen LogP contribution is 2.17. The van der Waals surface area contributed by atoms with Crippen LogP contribution >= 0.6 is 0 Å². The Hall–Kier alpha value is -2.45. The number of aromatic hydroxyl groups is 1. The molecule has 2 aromatic rings. The zero-order chi connectivity index (χ0) is 18.3. The largest absolute Gasteiger partial charge is 0.748 e. The highest BCUT2D eigenvalue weighted by Gasteiger charge is 2.02. The van der Waals surface area contributed by atoms with Crippen molar-refractivity contribution in [3.8, 4) is 5.75 Å². The summed E-state index contributed by atoms with van der Waals surface area (Å²) >= 11 is 0. The third-order valence-electron chi connectivity index (χ3n) is 3.58. The molecule has 2 rings (SSSR count). The number of hydrogen-bond acceptors (Lipinski definition) is 6. The van der Waals surface area contributed by atoms with E-state index in [4.69, 9.17) is 0 Å². The SMILES string of the molecule is CN(N=Cc1cc[n+](CCCCS(=O)(=O)[O-])cc1)c1ccc(O)cc1. The first-order chi connectivity index (χ1) is 11.8. The van der Waals surface area contributed by atoms with Gasteiger partial charge in [0.1, 0.15) is 12.3 Å². The van der Waals surface area contributed by atoms with Gasteiger partial charge in [-0.3, -0.25) is 5.01 Å². The highest BCUT2D eigenvalue weighted by atomic mass is 32.2. The van der Waals surface area contributed by atoms with E-state index >= 15 is 0 Å². The molecule has 1 aromatic carbocycles. The van der Waals surface area contributed by atoms with Crippen molar-refractivity contribution in [2.75, 3.05) is 17.8 Å². The van der Waals surface area contributed by atoms with Gasteiger partial charge in [-0.1, -0.05) is 0 Å². The summed E-state index contributed by atoms with van der Waals surface area (Å²) in [4.78, 5) is 0. The molecule has 0 amide bonds. The van der Waals surface area contributed by atoms with E-state index in [-0.39, 0.29) is 11.5 Å². The van der Waals surface area contributed by atoms with Crippen molar-refractivity contribution in [1.29, 1.82) is 0 Å². The van der Waals surface area contributed by atoms with Crippen molar-refractivity contribution in [3.63, 3.8) is 0 Å². The van der Waals surface area contributed by atoms with Crippen LogP contribution < -0.4 is 9.58 Å². The van der Waals surface area contributed by atoms with Gasteiger partial charge in [-0.05, 0) is 30.7 Å². The third-order valence-corrected chi connectivity index (χ3v) is 4.37. The maximum absolute atomic E-state index is 10.5. The molecule has 25 heavy (non-hydrogen) atoms. The fourth-order valence-electron chi connectivity index (χ4n) is 2.17. The van der Waals surface area contributed by atoms with Crippen LogP contribution in [-0.2, 0) is 16.7 Å². The Morgan fingerprint density at radius 3 is 2.40 bits per heavy atom. The van der Waals surface area contributed by atoms with E-state index in [1.807, 2.05) is 36.1 Å². The zero-order valence-corrected chi connectivity index (χ0v) is 14.8. The minimum absolute atomic E-state index is 0.210. The Bertz CT molecular complexity index is 803. The lowest BCUT2D eigenvalue weighted by Crippen LogP contribution is -2.32. The summed E-state index contributed by atoms with van der Waals surface area (Å²) < 4.78 is 33.5. The number of unbranched alkanes of at least 4 members (excludes halogenated alkanes) is 1. The Labute approximate surface area is 147 Å². The molecule has 7 nitrogen and oxygen atoms in total. The summed E-state index contributed by atoms with van der Waals surface area (Å²) in [5, 5.41) is 15.3. The second kappa shape index (κ2) is 8.59. The van der Waals surface area contributed by atoms with Crippen molar-refractivity contribution in [2.24, 2.45) is 5.10 Å². The molecular weight excluding hydrogens is 342 g/mol. The first kappa shape index (κ1) is 18.9. The Morgan fingerprint density at radius 1 is 1.16 bits per heavy atom. The van der Waals surface area contributed by atoms with Crippen molar-refractivity contribution in [3.05, 3.63) is 54.4 Å². The monoisotopic (exact) mass is 363 g/mol. The maximum atomic E-state index is 10.5. The molecule has 0 aliphatic rings. The number of aromatic nitrogens is 1. The average molecular weight is 363 g/mol. The number of benzene rings is 1. The van der Waals surface area contributed by atoms with Crippen LogP contribution in [0.2, 0.25) is 0 Å². The molecule has 1 N–H and O–H groups in total. The van der Waals surface area contributed by atoms with Crippen LogP contribution in [0.15, 0.2) is 53.9 Å². The van der Waals surface area contributed by atoms with Gasteiger partial charge < -0.3 is 9.66 Å². The first-order valence-electron chi connectivity index (χ1n) is 7.83. The van der Waals surface area contributed by atoms with Gasteiger partial charge in [-0.25, -0.2) is 13.0 Å². The number of anilines is 1. The second-order valence-corrected chi connectivity index (χ2v) is 7.15. The smallest absolute Gasteiger partial charge is 0.169 e. The number of phenolic OH excluding ortho intramolecular Hbond substituents is 1. The molecule has 0 unspecified atom stereocenters. The molecular formula is C17H21N3O4S. The molecule has 0 saturated heterocycles. The Kier molecular flexibility index (Phi) is 6.49. The zero-order valence-electron chi connectivity index (χ0n) is 13.9. The van der Waals surface area contributed by atoms with Crippen LogP contribution in [0.4, 0.5) is 5.69 Å². The van der Waals surface area contributed by atoms with Crippen molar-refractivity contribution >= 4 is 22.0 Å². The van der Waals surface area contributed by atoms with Gasteiger partial charge in [0.05, 0.1) is 22.0 Å². The normalized spacial score (nSPS) is 11.8. The number of rotatable bonds is 8. The molecule has 1 heterocycles. The number of aryl methyl sites for hydroxylation is 1. The van der Waals surface area contributed by atoms with Crippen molar-refractivity contribution < 1.29 is 22.6 Å². The van der Waals surface area contributed by atoms with Crippen molar-refractivity contribution in [2.45, 2.75) is 19.4 Å². The van der Waals surface area contributed by atoms with Crippen LogP contribution in [0.5, 0.6) is 5.75 Å². The van der Waals surface area contributed by atoms with E-state index < -0.39 is 10.1 Å². The molecule has 0 spiro atoms. The van der Waals surface area contributed by atoms with Crippen molar-refractivity contribution in [1.82, 2.24) is 0 Å². The van der Waals surface area contributed by atoms with E-state index in [0.29, 0.717) is 19.4 Å². The van der Waals surface area contributed by atoms with E-state index in [0.717, 1.165) is 11.3 Å². The molecule has 0 saturated carbocycles. The fourth-order valence-corrected chi connectivity index (χ4v) is 2.72. The number of nitrogens with zero attached hydrogens (tertiary/aromatic N) is 3. The molecule has 134 valence electrons. The fraction of sp³-hybridized carbons (Fsp3) is 0.294. The standard InChI is InChI=1S/C17H21N3O4S/c1-19(16-4-6-17(21)7-5-16)18-14-15-8-11-20(12-9-15)10-2-3-13-25(22,23)24/h4-9,11-12,14H,2-3,10,13H2,1H3,(H-,18,21,22,23,24). The first-order valence-corrected chi connectivity index (χ1v) is 9.41. The summed E-state index contributed by atoms with van der Waals surface area (Å²) in [5.74, 6) is -0.108. The number of hydrazone groups is 1. The van der Waals surface area contributed by atoms with Gasteiger partial charge in [0, 0.05) is 36.9 Å². The van der Waals surface area contributed by atoms with Crippen LogP contribution in [-0.4, -0.2) is 37.1 Å². The summed E-state index contributed by atoms with van der Waals surface area (Å²) in [6, 6.07) is 10.5. The molecule has 0 aliphatic heterocycles. The lowest BCUT2D eigenvalue weighted by molar-refractivity contribution is -0.697.